The maximum Gasteiger partial charge on any atom is 0.0993 e. The predicted octanol–water partition coefficient (Wildman–Crippen LogP) is 4.13. The summed E-state index contributed by atoms with van der Waals surface area (Å²) in [6, 6.07) is 20.4. The summed E-state index contributed by atoms with van der Waals surface area (Å²) >= 11 is 3.45. The molecule has 22 heavy (non-hydrogen) atoms. The Bertz CT molecular complexity index is 547. The lowest BCUT2D eigenvalue weighted by molar-refractivity contribution is 0.0297. The first-order valence-electron chi connectivity index (χ1n) is 7.22. The molecule has 0 saturated carbocycles. The first-order chi connectivity index (χ1) is 10.7. The van der Waals surface area contributed by atoms with Crippen molar-refractivity contribution in [3.05, 3.63) is 67.6 Å². The van der Waals surface area contributed by atoms with Crippen LogP contribution in [0.2, 0.25) is 0 Å². The van der Waals surface area contributed by atoms with Crippen molar-refractivity contribution in [3.8, 4) is 0 Å². The van der Waals surface area contributed by atoms with Gasteiger partial charge in [0.2, 0.25) is 0 Å². The van der Waals surface area contributed by atoms with Gasteiger partial charge in [-0.1, -0.05) is 36.4 Å². The highest BCUT2D eigenvalue weighted by atomic mass is 32.2. The molecule has 0 bridgehead atoms. The van der Waals surface area contributed by atoms with Gasteiger partial charge in [-0.3, -0.25) is 0 Å². The zero-order chi connectivity index (χ0) is 15.4. The van der Waals surface area contributed by atoms with Crippen LogP contribution in [0, 0.1) is 6.92 Å². The van der Waals surface area contributed by atoms with Gasteiger partial charge in [-0.25, -0.2) is 0 Å². The quantitative estimate of drug-likeness (QED) is 0.835. The Morgan fingerprint density at radius 2 is 1.50 bits per heavy atom. The third-order valence-electron chi connectivity index (χ3n) is 3.56. The molecule has 4 heteroatoms. The van der Waals surface area contributed by atoms with Crippen molar-refractivity contribution < 1.29 is 9.84 Å². The summed E-state index contributed by atoms with van der Waals surface area (Å²) in [7, 11) is 0. The maximum absolute atomic E-state index is 9.45. The average molecular weight is 330 g/mol. The fourth-order valence-electron chi connectivity index (χ4n) is 2.50. The van der Waals surface area contributed by atoms with Gasteiger partial charge < -0.3 is 9.84 Å². The normalized spacial score (nSPS) is 23.5. The lowest BCUT2D eigenvalue weighted by atomic mass is 10.2. The third-order valence-corrected chi connectivity index (χ3v) is 6.56. The number of hydrogen-bond donors (Lipinski definition) is 1. The van der Waals surface area contributed by atoms with Crippen molar-refractivity contribution in [1.82, 2.24) is 0 Å². The van der Waals surface area contributed by atoms with Gasteiger partial charge >= 0.3 is 0 Å². The molecule has 1 saturated heterocycles. The van der Waals surface area contributed by atoms with Gasteiger partial charge in [0.25, 0.3) is 0 Å². The first-order valence-corrected chi connectivity index (χ1v) is 8.85. The predicted molar refractivity (Wildman–Crippen MR) is 92.0 cm³/mol. The summed E-state index contributed by atoms with van der Waals surface area (Å²) in [6.07, 6.45) is 0.0755. The van der Waals surface area contributed by atoms with E-state index in [1.807, 2.05) is 36.4 Å². The fraction of sp³-hybridized carbons (Fsp3) is 0.278. The molecule has 1 unspecified atom stereocenters. The molecule has 1 aliphatic rings. The van der Waals surface area contributed by atoms with Crippen LogP contribution in [0.15, 0.2) is 70.5 Å². The lowest BCUT2D eigenvalue weighted by Crippen LogP contribution is -2.28. The summed E-state index contributed by atoms with van der Waals surface area (Å²) in [6.45, 7) is 6.30. The molecule has 2 atom stereocenters. The summed E-state index contributed by atoms with van der Waals surface area (Å²) in [5.41, 5.74) is 0. The fourth-order valence-corrected chi connectivity index (χ4v) is 5.51. The number of aliphatic hydroxyl groups excluding tert-OH is 1. The van der Waals surface area contributed by atoms with Gasteiger partial charge in [-0.2, -0.15) is 0 Å². The van der Waals surface area contributed by atoms with Crippen molar-refractivity contribution in [2.45, 2.75) is 32.5 Å². The van der Waals surface area contributed by atoms with Crippen LogP contribution >= 0.6 is 23.5 Å². The Labute approximate surface area is 140 Å². The standard InChI is InChI=1S/C18H18O2S2/c1-14-18(12-15(13-19)20-14,21-16-8-4-2-5-9-16)22-17-10-6-3-7-11-17/h1-11,14-15,19H,12-13H2/t14?,15-/m0/s1. The molecule has 2 nitrogen and oxygen atoms in total. The van der Waals surface area contributed by atoms with Crippen molar-refractivity contribution >= 4 is 23.5 Å². The number of ether oxygens (including phenoxy) is 1. The molecule has 2 radical (unpaired) electrons. The number of rotatable bonds is 5. The largest absolute Gasteiger partial charge is 0.394 e. The molecule has 0 aromatic heterocycles. The van der Waals surface area contributed by atoms with E-state index in [4.69, 9.17) is 11.7 Å². The second kappa shape index (κ2) is 7.09. The van der Waals surface area contributed by atoms with Crippen molar-refractivity contribution in [1.29, 1.82) is 0 Å². The number of thioether (sulfide) groups is 2. The molecule has 114 valence electrons. The number of hydrogen-bond acceptors (Lipinski definition) is 4. The van der Waals surface area contributed by atoms with Crippen LogP contribution in [0.4, 0.5) is 0 Å². The molecule has 2 aromatic rings. The van der Waals surface area contributed by atoms with Crippen LogP contribution in [0.3, 0.4) is 0 Å². The average Bonchev–Trinajstić information content (AvgIpc) is 2.85. The van der Waals surface area contributed by atoms with Gasteiger partial charge in [0.15, 0.2) is 0 Å². The Morgan fingerprint density at radius 3 is 1.91 bits per heavy atom. The molecule has 3 rings (SSSR count). The summed E-state index contributed by atoms with van der Waals surface area (Å²) in [4.78, 5) is 2.31. The Hall–Kier alpha value is -0.940. The zero-order valence-electron chi connectivity index (χ0n) is 12.1. The molecule has 1 N–H and O–H groups in total. The number of benzene rings is 2. The van der Waals surface area contributed by atoms with Crippen LogP contribution in [0.5, 0.6) is 0 Å². The number of aliphatic hydroxyl groups is 1. The zero-order valence-corrected chi connectivity index (χ0v) is 13.7. The van der Waals surface area contributed by atoms with Crippen molar-refractivity contribution in [2.24, 2.45) is 0 Å². The SMILES string of the molecule is [CH]C1O[C@H](CO)CC1(Sc1ccccc1)Sc1ccccc1. The molecule has 0 amide bonds. The monoisotopic (exact) mass is 330 g/mol. The Balaban J connectivity index is 1.88. The highest BCUT2D eigenvalue weighted by Gasteiger charge is 2.48. The van der Waals surface area contributed by atoms with Gasteiger partial charge in [0, 0.05) is 16.2 Å². The lowest BCUT2D eigenvalue weighted by Gasteiger charge is -2.30. The van der Waals surface area contributed by atoms with Gasteiger partial charge in [-0.05, 0) is 31.2 Å². The highest BCUT2D eigenvalue weighted by Crippen LogP contribution is 2.55. The van der Waals surface area contributed by atoms with E-state index < -0.39 is 6.10 Å². The summed E-state index contributed by atoms with van der Waals surface area (Å²) < 4.78 is 5.42. The summed E-state index contributed by atoms with van der Waals surface area (Å²) in [5.74, 6) is 0. The molecule has 1 fully saturated rings. The van der Waals surface area contributed by atoms with Crippen LogP contribution in [-0.4, -0.2) is 28.0 Å². The molecule has 0 aliphatic carbocycles. The van der Waals surface area contributed by atoms with E-state index in [1.54, 1.807) is 23.5 Å². The first kappa shape index (κ1) is 15.9. The second-order valence-corrected chi connectivity index (χ2v) is 8.27. The van der Waals surface area contributed by atoms with Crippen molar-refractivity contribution in [2.75, 3.05) is 6.61 Å². The Kier molecular flexibility index (Phi) is 5.14. The second-order valence-electron chi connectivity index (χ2n) is 5.21. The third kappa shape index (κ3) is 3.51. The Morgan fingerprint density at radius 1 is 1.00 bits per heavy atom. The molecular weight excluding hydrogens is 312 g/mol. The van der Waals surface area contributed by atoms with Gasteiger partial charge in [0.1, 0.15) is 0 Å². The minimum atomic E-state index is -0.430. The van der Waals surface area contributed by atoms with E-state index in [1.165, 1.54) is 0 Å². The summed E-state index contributed by atoms with van der Waals surface area (Å²) in [5, 5.41) is 9.45. The van der Waals surface area contributed by atoms with E-state index in [-0.39, 0.29) is 16.8 Å². The van der Waals surface area contributed by atoms with E-state index in [9.17, 15) is 5.11 Å². The van der Waals surface area contributed by atoms with E-state index in [0.717, 1.165) is 9.79 Å². The van der Waals surface area contributed by atoms with E-state index in [0.29, 0.717) is 6.42 Å². The highest BCUT2D eigenvalue weighted by molar-refractivity contribution is 8.18. The minimum absolute atomic E-state index is 0.000148. The van der Waals surface area contributed by atoms with E-state index in [2.05, 4.69) is 24.3 Å². The maximum atomic E-state index is 9.45. The smallest absolute Gasteiger partial charge is 0.0993 e. The minimum Gasteiger partial charge on any atom is -0.394 e. The van der Waals surface area contributed by atoms with Crippen LogP contribution in [0.1, 0.15) is 6.42 Å². The van der Waals surface area contributed by atoms with Crippen LogP contribution < -0.4 is 0 Å². The molecule has 0 spiro atoms. The van der Waals surface area contributed by atoms with E-state index >= 15 is 0 Å². The van der Waals surface area contributed by atoms with Crippen LogP contribution in [-0.2, 0) is 4.74 Å². The molecule has 1 heterocycles. The molecule has 2 aromatic carbocycles. The van der Waals surface area contributed by atoms with Crippen molar-refractivity contribution in [3.63, 3.8) is 0 Å². The van der Waals surface area contributed by atoms with Gasteiger partial charge in [0.05, 0.1) is 22.9 Å². The topological polar surface area (TPSA) is 29.5 Å². The molecule has 1 aliphatic heterocycles. The molecular formula is C18H18O2S2. The van der Waals surface area contributed by atoms with Gasteiger partial charge in [-0.15, -0.1) is 23.5 Å². The van der Waals surface area contributed by atoms with Crippen LogP contribution in [0.25, 0.3) is 0 Å².